The van der Waals surface area contributed by atoms with Crippen molar-refractivity contribution in [1.82, 2.24) is 15.1 Å². The first-order chi connectivity index (χ1) is 16.3. The average Bonchev–Trinajstić information content (AvgIpc) is 3.10. The molecule has 0 spiro atoms. The Morgan fingerprint density at radius 2 is 1.79 bits per heavy atom. The van der Waals surface area contributed by atoms with Crippen LogP contribution >= 0.6 is 0 Å². The Balaban J connectivity index is 1.73. The summed E-state index contributed by atoms with van der Waals surface area (Å²) in [6.45, 7) is 5.83. The van der Waals surface area contributed by atoms with E-state index in [0.717, 1.165) is 12.0 Å². The molecule has 0 radical (unpaired) electrons. The smallest absolute Gasteiger partial charge is 0.242 e. The SMILES string of the molecule is CC[C@H](C)NC(=O)[C@H](C)N(Cc1cccc(OC)c1)C(=O)CCN1C(=O)[C@H]2CC=CC[C@H]2C1=O. The lowest BCUT2D eigenvalue weighted by Gasteiger charge is -2.30. The second-order valence-corrected chi connectivity index (χ2v) is 9.10. The summed E-state index contributed by atoms with van der Waals surface area (Å²) in [5, 5.41) is 2.93. The minimum Gasteiger partial charge on any atom is -0.497 e. The minimum atomic E-state index is -0.718. The van der Waals surface area contributed by atoms with Gasteiger partial charge in [0.05, 0.1) is 18.9 Å². The topological polar surface area (TPSA) is 96.0 Å². The molecule has 1 heterocycles. The van der Waals surface area contributed by atoms with Gasteiger partial charge in [0, 0.05) is 25.6 Å². The van der Waals surface area contributed by atoms with E-state index < -0.39 is 6.04 Å². The molecule has 8 nitrogen and oxygen atoms in total. The zero-order valence-corrected chi connectivity index (χ0v) is 20.5. The van der Waals surface area contributed by atoms with E-state index in [2.05, 4.69) is 5.32 Å². The highest BCUT2D eigenvalue weighted by Gasteiger charge is 2.47. The van der Waals surface area contributed by atoms with Crippen LogP contribution < -0.4 is 10.1 Å². The number of hydrogen-bond acceptors (Lipinski definition) is 5. The number of methoxy groups -OCH3 is 1. The van der Waals surface area contributed by atoms with Gasteiger partial charge in [-0.3, -0.25) is 24.1 Å². The van der Waals surface area contributed by atoms with Crippen molar-refractivity contribution in [3.63, 3.8) is 0 Å². The Hall–Kier alpha value is -3.16. The van der Waals surface area contributed by atoms with Crippen molar-refractivity contribution in [3.8, 4) is 5.75 Å². The number of nitrogens with one attached hydrogen (secondary N) is 1. The third kappa shape index (κ3) is 5.66. The van der Waals surface area contributed by atoms with Crippen molar-refractivity contribution in [2.75, 3.05) is 13.7 Å². The van der Waals surface area contributed by atoms with E-state index in [0.29, 0.717) is 18.6 Å². The number of fused-ring (bicyclic) bond motifs is 1. The first-order valence-electron chi connectivity index (χ1n) is 12.0. The van der Waals surface area contributed by atoms with E-state index in [1.165, 1.54) is 9.80 Å². The van der Waals surface area contributed by atoms with Crippen LogP contribution in [0.4, 0.5) is 0 Å². The van der Waals surface area contributed by atoms with Gasteiger partial charge in [-0.15, -0.1) is 0 Å². The molecule has 4 amide bonds. The Bertz CT molecular complexity index is 934. The van der Waals surface area contributed by atoms with Crippen molar-refractivity contribution in [2.45, 2.75) is 65.1 Å². The number of hydrogen-bond donors (Lipinski definition) is 1. The summed E-state index contributed by atoms with van der Waals surface area (Å²) in [7, 11) is 1.57. The highest BCUT2D eigenvalue weighted by molar-refractivity contribution is 6.05. The van der Waals surface area contributed by atoms with Crippen LogP contribution in [0, 0.1) is 11.8 Å². The minimum absolute atomic E-state index is 0.0134. The number of carbonyl (C=O) groups excluding carboxylic acids is 4. The molecule has 1 N–H and O–H groups in total. The molecule has 1 aromatic rings. The maximum atomic E-state index is 13.3. The molecule has 2 aliphatic rings. The fourth-order valence-corrected chi connectivity index (χ4v) is 4.46. The zero-order chi connectivity index (χ0) is 24.8. The third-order valence-electron chi connectivity index (χ3n) is 6.80. The molecule has 1 fully saturated rings. The van der Waals surface area contributed by atoms with E-state index >= 15 is 0 Å². The van der Waals surface area contributed by atoms with Crippen LogP contribution in [0.15, 0.2) is 36.4 Å². The summed E-state index contributed by atoms with van der Waals surface area (Å²) in [5.41, 5.74) is 0.821. The fourth-order valence-electron chi connectivity index (χ4n) is 4.46. The second-order valence-electron chi connectivity index (χ2n) is 9.10. The summed E-state index contributed by atoms with van der Waals surface area (Å²) < 4.78 is 5.29. The quantitative estimate of drug-likeness (QED) is 0.420. The van der Waals surface area contributed by atoms with Crippen LogP contribution in [0.1, 0.15) is 52.0 Å². The number of rotatable bonds is 10. The van der Waals surface area contributed by atoms with E-state index in [1.807, 2.05) is 50.3 Å². The number of ether oxygens (including phenoxy) is 1. The summed E-state index contributed by atoms with van der Waals surface area (Å²) in [5.74, 6) is -0.908. The van der Waals surface area contributed by atoms with Gasteiger partial charge in [-0.2, -0.15) is 0 Å². The van der Waals surface area contributed by atoms with E-state index in [9.17, 15) is 19.2 Å². The van der Waals surface area contributed by atoms with Crippen LogP contribution in [-0.4, -0.2) is 59.2 Å². The molecular formula is C26H35N3O5. The first-order valence-corrected chi connectivity index (χ1v) is 12.0. The monoisotopic (exact) mass is 469 g/mol. The number of allylic oxidation sites excluding steroid dienone is 2. The molecule has 8 heteroatoms. The largest absolute Gasteiger partial charge is 0.497 e. The fraction of sp³-hybridized carbons (Fsp3) is 0.538. The molecule has 0 bridgehead atoms. The molecule has 1 aromatic carbocycles. The van der Waals surface area contributed by atoms with Gasteiger partial charge >= 0.3 is 0 Å². The lowest BCUT2D eigenvalue weighted by Crippen LogP contribution is -2.50. The Kier molecular flexibility index (Phi) is 8.47. The molecule has 0 unspecified atom stereocenters. The lowest BCUT2D eigenvalue weighted by atomic mass is 9.85. The van der Waals surface area contributed by atoms with Crippen LogP contribution in [-0.2, 0) is 25.7 Å². The van der Waals surface area contributed by atoms with Gasteiger partial charge < -0.3 is 15.0 Å². The highest BCUT2D eigenvalue weighted by Crippen LogP contribution is 2.35. The standard InChI is InChI=1S/C26H35N3O5/c1-5-17(2)27-24(31)18(3)29(16-19-9-8-10-20(15-19)34-4)23(30)13-14-28-25(32)21-11-6-7-12-22(21)26(28)33/h6-10,15,17-18,21-22H,5,11-14,16H2,1-4H3,(H,27,31)/t17-,18-,21-,22+/m0/s1. The molecule has 0 saturated carbocycles. The van der Waals surface area contributed by atoms with E-state index in [4.69, 9.17) is 4.74 Å². The average molecular weight is 470 g/mol. The van der Waals surface area contributed by atoms with Crippen molar-refractivity contribution in [2.24, 2.45) is 11.8 Å². The van der Waals surface area contributed by atoms with Gasteiger partial charge in [0.2, 0.25) is 23.6 Å². The van der Waals surface area contributed by atoms with Crippen molar-refractivity contribution in [1.29, 1.82) is 0 Å². The lowest BCUT2D eigenvalue weighted by molar-refractivity contribution is -0.143. The molecule has 4 atom stereocenters. The first kappa shape index (κ1) is 25.5. The molecular weight excluding hydrogens is 434 g/mol. The normalized spacial score (nSPS) is 21.1. The maximum Gasteiger partial charge on any atom is 0.242 e. The second kappa shape index (κ2) is 11.3. The Morgan fingerprint density at radius 1 is 1.15 bits per heavy atom. The van der Waals surface area contributed by atoms with E-state index in [-0.39, 0.29) is 61.0 Å². The van der Waals surface area contributed by atoms with Gasteiger partial charge in [0.15, 0.2) is 0 Å². The van der Waals surface area contributed by atoms with Gasteiger partial charge in [-0.05, 0) is 50.8 Å². The summed E-state index contributed by atoms with van der Waals surface area (Å²) in [6.07, 6.45) is 5.75. The van der Waals surface area contributed by atoms with Gasteiger partial charge in [-0.25, -0.2) is 0 Å². The summed E-state index contributed by atoms with van der Waals surface area (Å²) in [6, 6.07) is 6.61. The molecule has 1 aliphatic heterocycles. The zero-order valence-electron chi connectivity index (χ0n) is 20.5. The molecule has 1 aliphatic carbocycles. The van der Waals surface area contributed by atoms with Crippen LogP contribution in [0.3, 0.4) is 0 Å². The molecule has 1 saturated heterocycles. The number of amides is 4. The predicted octanol–water partition coefficient (Wildman–Crippen LogP) is 2.67. The highest BCUT2D eigenvalue weighted by atomic mass is 16.5. The third-order valence-corrected chi connectivity index (χ3v) is 6.80. The summed E-state index contributed by atoms with van der Waals surface area (Å²) >= 11 is 0. The van der Waals surface area contributed by atoms with Gasteiger partial charge in [-0.1, -0.05) is 31.2 Å². The number of likely N-dealkylation sites (tertiary alicyclic amines) is 1. The molecule has 3 rings (SSSR count). The molecule has 184 valence electrons. The molecule has 34 heavy (non-hydrogen) atoms. The van der Waals surface area contributed by atoms with Crippen molar-refractivity contribution in [3.05, 3.63) is 42.0 Å². The van der Waals surface area contributed by atoms with E-state index in [1.54, 1.807) is 14.0 Å². The number of benzene rings is 1. The van der Waals surface area contributed by atoms with Crippen LogP contribution in [0.5, 0.6) is 5.75 Å². The van der Waals surface area contributed by atoms with Gasteiger partial charge in [0.25, 0.3) is 0 Å². The summed E-state index contributed by atoms with van der Waals surface area (Å²) in [4.78, 5) is 54.4. The number of carbonyl (C=O) groups is 4. The Labute approximate surface area is 201 Å². The number of imide groups is 1. The predicted molar refractivity (Wildman–Crippen MR) is 128 cm³/mol. The van der Waals surface area contributed by atoms with Crippen molar-refractivity contribution >= 4 is 23.6 Å². The number of nitrogens with zero attached hydrogens (tertiary/aromatic N) is 2. The molecule has 0 aromatic heterocycles. The maximum absolute atomic E-state index is 13.3. The van der Waals surface area contributed by atoms with Crippen LogP contribution in [0.25, 0.3) is 0 Å². The van der Waals surface area contributed by atoms with Crippen molar-refractivity contribution < 1.29 is 23.9 Å². The Morgan fingerprint density at radius 3 is 2.38 bits per heavy atom. The van der Waals surface area contributed by atoms with Gasteiger partial charge in [0.1, 0.15) is 11.8 Å². The van der Waals surface area contributed by atoms with Crippen LogP contribution in [0.2, 0.25) is 0 Å².